The highest BCUT2D eigenvalue weighted by atomic mass is 19.4. The van der Waals surface area contributed by atoms with Crippen molar-refractivity contribution in [2.45, 2.75) is 18.6 Å². The van der Waals surface area contributed by atoms with Crippen molar-refractivity contribution in [2.75, 3.05) is 6.54 Å². The van der Waals surface area contributed by atoms with Crippen LogP contribution in [0.25, 0.3) is 0 Å². The van der Waals surface area contributed by atoms with Gasteiger partial charge in [0.15, 0.2) is 11.6 Å². The van der Waals surface area contributed by atoms with Gasteiger partial charge in [0.25, 0.3) is 0 Å². The maximum absolute atomic E-state index is 13.0. The van der Waals surface area contributed by atoms with Crippen LogP contribution in [-0.2, 0) is 6.18 Å². The summed E-state index contributed by atoms with van der Waals surface area (Å²) in [6.45, 7) is 0.0361. The number of hydrogen-bond donors (Lipinski definition) is 3. The topological polar surface area (TPSA) is 72.3 Å². The maximum atomic E-state index is 13.0. The fourth-order valence-corrected chi connectivity index (χ4v) is 1.53. The summed E-state index contributed by atoms with van der Waals surface area (Å²) in [6.07, 6.45) is -4.69. The lowest BCUT2D eigenvalue weighted by Crippen LogP contribution is -2.20. The number of rotatable bonds is 3. The Morgan fingerprint density at radius 1 is 1.29 bits per heavy atom. The lowest BCUT2D eigenvalue weighted by atomic mass is 9.96. The van der Waals surface area contributed by atoms with Crippen molar-refractivity contribution in [3.8, 4) is 5.75 Å². The van der Waals surface area contributed by atoms with Gasteiger partial charge in [-0.15, -0.1) is 0 Å². The van der Waals surface area contributed by atoms with E-state index in [0.29, 0.717) is 12.1 Å². The van der Waals surface area contributed by atoms with E-state index in [4.69, 9.17) is 11.5 Å². The molecule has 0 aliphatic rings. The molecule has 7 heteroatoms. The molecule has 0 saturated heterocycles. The predicted molar refractivity (Wildman–Crippen MR) is 53.7 cm³/mol. The molecule has 1 atom stereocenters. The molecule has 5 N–H and O–H groups in total. The van der Waals surface area contributed by atoms with Crippen LogP contribution in [0.2, 0.25) is 0 Å². The van der Waals surface area contributed by atoms with Gasteiger partial charge in [0.2, 0.25) is 0 Å². The van der Waals surface area contributed by atoms with Gasteiger partial charge in [0.1, 0.15) is 0 Å². The molecule has 0 fully saturated rings. The minimum atomic E-state index is -4.70. The Bertz CT molecular complexity index is 406. The van der Waals surface area contributed by atoms with E-state index < -0.39 is 34.9 Å². The summed E-state index contributed by atoms with van der Waals surface area (Å²) in [7, 11) is 0. The molecule has 1 aromatic rings. The Morgan fingerprint density at radius 3 is 2.35 bits per heavy atom. The first-order chi connectivity index (χ1) is 7.79. The smallest absolute Gasteiger partial charge is 0.416 e. The van der Waals surface area contributed by atoms with Gasteiger partial charge in [0.05, 0.1) is 5.56 Å². The number of phenols is 1. The number of halogens is 4. The second-order valence-electron chi connectivity index (χ2n) is 3.54. The molecule has 0 heterocycles. The van der Waals surface area contributed by atoms with E-state index in [-0.39, 0.29) is 13.0 Å². The fraction of sp³-hybridized carbons (Fsp3) is 0.400. The highest BCUT2D eigenvalue weighted by Crippen LogP contribution is 2.40. The van der Waals surface area contributed by atoms with Gasteiger partial charge < -0.3 is 16.6 Å². The Labute approximate surface area is 95.0 Å². The predicted octanol–water partition coefficient (Wildman–Crippen LogP) is 1.90. The van der Waals surface area contributed by atoms with Crippen molar-refractivity contribution in [2.24, 2.45) is 11.5 Å². The molecule has 0 amide bonds. The summed E-state index contributed by atoms with van der Waals surface area (Å²) in [4.78, 5) is 0. The van der Waals surface area contributed by atoms with Crippen LogP contribution >= 0.6 is 0 Å². The van der Waals surface area contributed by atoms with E-state index >= 15 is 0 Å². The van der Waals surface area contributed by atoms with Crippen molar-refractivity contribution in [3.05, 3.63) is 29.1 Å². The Kier molecular flexibility index (Phi) is 3.94. The third kappa shape index (κ3) is 2.86. The number of nitrogens with two attached hydrogens (primary N) is 2. The number of phenolic OH excluding ortho intramolecular Hbond substituents is 1. The first-order valence-electron chi connectivity index (χ1n) is 4.83. The van der Waals surface area contributed by atoms with Crippen LogP contribution in [0.4, 0.5) is 17.6 Å². The number of hydrogen-bond acceptors (Lipinski definition) is 3. The molecule has 0 radical (unpaired) electrons. The van der Waals surface area contributed by atoms with Crippen molar-refractivity contribution >= 4 is 0 Å². The second-order valence-corrected chi connectivity index (χ2v) is 3.54. The lowest BCUT2D eigenvalue weighted by Gasteiger charge is -2.19. The minimum Gasteiger partial charge on any atom is -0.505 e. The lowest BCUT2D eigenvalue weighted by molar-refractivity contribution is -0.138. The van der Waals surface area contributed by atoms with E-state index in [2.05, 4.69) is 0 Å². The molecule has 3 nitrogen and oxygen atoms in total. The van der Waals surface area contributed by atoms with Gasteiger partial charge in [-0.1, -0.05) is 0 Å². The summed E-state index contributed by atoms with van der Waals surface area (Å²) in [6, 6.07) is -0.0512. The normalized spacial score (nSPS) is 13.8. The van der Waals surface area contributed by atoms with Crippen LogP contribution in [-0.4, -0.2) is 11.7 Å². The monoisotopic (exact) mass is 252 g/mol. The average Bonchev–Trinajstić information content (AvgIpc) is 2.20. The van der Waals surface area contributed by atoms with Gasteiger partial charge in [-0.05, 0) is 25.1 Å². The Balaban J connectivity index is 3.36. The molecule has 96 valence electrons. The first kappa shape index (κ1) is 13.7. The highest BCUT2D eigenvalue weighted by Gasteiger charge is 2.36. The molecular weight excluding hydrogens is 240 g/mol. The van der Waals surface area contributed by atoms with Crippen LogP contribution in [0.15, 0.2) is 12.1 Å². The van der Waals surface area contributed by atoms with Gasteiger partial charge in [-0.3, -0.25) is 0 Å². The molecule has 0 bridgehead atoms. The largest absolute Gasteiger partial charge is 0.505 e. The van der Waals surface area contributed by atoms with Crippen molar-refractivity contribution in [1.29, 1.82) is 0 Å². The molecule has 0 spiro atoms. The zero-order chi connectivity index (χ0) is 13.2. The van der Waals surface area contributed by atoms with Gasteiger partial charge in [-0.2, -0.15) is 13.2 Å². The van der Waals surface area contributed by atoms with Crippen LogP contribution in [0.1, 0.15) is 23.6 Å². The van der Waals surface area contributed by atoms with Gasteiger partial charge >= 0.3 is 6.18 Å². The van der Waals surface area contributed by atoms with Crippen molar-refractivity contribution in [3.63, 3.8) is 0 Å². The van der Waals surface area contributed by atoms with Crippen LogP contribution in [0.3, 0.4) is 0 Å². The Morgan fingerprint density at radius 2 is 1.88 bits per heavy atom. The summed E-state index contributed by atoms with van der Waals surface area (Å²) in [5.74, 6) is -2.21. The van der Waals surface area contributed by atoms with E-state index in [1.165, 1.54) is 0 Å². The van der Waals surface area contributed by atoms with Crippen LogP contribution in [0, 0.1) is 5.82 Å². The third-order valence-electron chi connectivity index (χ3n) is 2.32. The molecule has 17 heavy (non-hydrogen) atoms. The molecule has 0 aliphatic heterocycles. The summed E-state index contributed by atoms with van der Waals surface area (Å²) < 4.78 is 51.0. The van der Waals surface area contributed by atoms with Gasteiger partial charge in [-0.25, -0.2) is 4.39 Å². The standard InChI is InChI=1S/C10H12F4N2O/c11-6-2-1-5(10(12,13)14)8(9(6)17)7(16)3-4-15/h1-2,7,17H,3-4,15-16H2/t7-/m0/s1. The number of aromatic hydroxyl groups is 1. The van der Waals surface area contributed by atoms with Crippen LogP contribution in [0.5, 0.6) is 5.75 Å². The van der Waals surface area contributed by atoms with Crippen molar-refractivity contribution < 1.29 is 22.7 Å². The maximum Gasteiger partial charge on any atom is 0.416 e. The first-order valence-corrected chi connectivity index (χ1v) is 4.83. The molecule has 0 saturated carbocycles. The highest BCUT2D eigenvalue weighted by molar-refractivity contribution is 5.44. The third-order valence-corrected chi connectivity index (χ3v) is 2.32. The quantitative estimate of drug-likeness (QED) is 0.719. The molecular formula is C10H12F4N2O. The van der Waals surface area contributed by atoms with Crippen molar-refractivity contribution in [1.82, 2.24) is 0 Å². The zero-order valence-corrected chi connectivity index (χ0v) is 8.76. The fourth-order valence-electron chi connectivity index (χ4n) is 1.53. The van der Waals surface area contributed by atoms with E-state index in [9.17, 15) is 22.7 Å². The number of alkyl halides is 3. The SMILES string of the molecule is NCC[C@H](N)c1c(C(F)(F)F)ccc(F)c1O. The number of benzene rings is 1. The van der Waals surface area contributed by atoms with E-state index in [1.807, 2.05) is 0 Å². The van der Waals surface area contributed by atoms with E-state index in [0.717, 1.165) is 0 Å². The minimum absolute atomic E-state index is 0.0140. The zero-order valence-electron chi connectivity index (χ0n) is 8.76. The summed E-state index contributed by atoms with van der Waals surface area (Å²) in [5.41, 5.74) is 8.85. The van der Waals surface area contributed by atoms with Crippen LogP contribution < -0.4 is 11.5 Å². The molecule has 0 aromatic heterocycles. The average molecular weight is 252 g/mol. The molecule has 0 unspecified atom stereocenters. The van der Waals surface area contributed by atoms with E-state index in [1.54, 1.807) is 0 Å². The molecule has 0 aliphatic carbocycles. The Hall–Kier alpha value is -1.34. The second kappa shape index (κ2) is 4.89. The molecule has 1 aromatic carbocycles. The summed E-state index contributed by atoms with van der Waals surface area (Å²) >= 11 is 0. The summed E-state index contributed by atoms with van der Waals surface area (Å²) in [5, 5.41) is 9.34. The molecule has 1 rings (SSSR count). The van der Waals surface area contributed by atoms with Gasteiger partial charge in [0, 0.05) is 11.6 Å².